The molecular weight excluding hydrogens is 268 g/mol. The second-order valence-corrected chi connectivity index (χ2v) is 4.66. The van der Waals surface area contributed by atoms with Gasteiger partial charge in [-0.1, -0.05) is 35.7 Å². The van der Waals surface area contributed by atoms with Crippen LogP contribution in [0.25, 0.3) is 0 Å². The van der Waals surface area contributed by atoms with Crippen LogP contribution in [0.15, 0.2) is 28.7 Å². The normalized spacial score (nSPS) is 12.2. The van der Waals surface area contributed by atoms with Crippen molar-refractivity contribution in [3.63, 3.8) is 0 Å². The molecule has 1 rings (SSSR count). The molecule has 0 saturated heterocycles. The Morgan fingerprint density at radius 3 is 2.62 bits per heavy atom. The number of carbonyl (C=O) groups is 1. The summed E-state index contributed by atoms with van der Waals surface area (Å²) in [5.74, 6) is -0.115. The third-order valence-corrected chi connectivity index (χ3v) is 2.85. The van der Waals surface area contributed by atoms with Crippen LogP contribution in [-0.4, -0.2) is 11.9 Å². The SMILES string of the molecule is CCCC[C@H](N)C(=O)Nc1ccc(Br)cc1. The summed E-state index contributed by atoms with van der Waals surface area (Å²) in [6.45, 7) is 2.08. The number of benzene rings is 1. The van der Waals surface area contributed by atoms with E-state index in [0.29, 0.717) is 0 Å². The Balaban J connectivity index is 2.47. The van der Waals surface area contributed by atoms with E-state index in [9.17, 15) is 4.79 Å². The van der Waals surface area contributed by atoms with Gasteiger partial charge in [-0.15, -0.1) is 0 Å². The van der Waals surface area contributed by atoms with Gasteiger partial charge in [-0.3, -0.25) is 4.79 Å². The van der Waals surface area contributed by atoms with Crippen LogP contribution >= 0.6 is 15.9 Å². The zero-order valence-electron chi connectivity index (χ0n) is 9.37. The quantitative estimate of drug-likeness (QED) is 0.874. The highest BCUT2D eigenvalue weighted by Crippen LogP contribution is 2.14. The molecule has 1 aromatic rings. The first-order valence-corrected chi connectivity index (χ1v) is 6.24. The molecule has 0 heterocycles. The molecule has 0 spiro atoms. The zero-order valence-corrected chi connectivity index (χ0v) is 11.0. The molecule has 3 N–H and O–H groups in total. The van der Waals surface area contributed by atoms with E-state index in [2.05, 4.69) is 28.2 Å². The van der Waals surface area contributed by atoms with Gasteiger partial charge in [-0.25, -0.2) is 0 Å². The lowest BCUT2D eigenvalue weighted by Gasteiger charge is -2.11. The van der Waals surface area contributed by atoms with E-state index in [4.69, 9.17) is 5.73 Å². The number of hydrogen-bond acceptors (Lipinski definition) is 2. The van der Waals surface area contributed by atoms with E-state index in [1.54, 1.807) is 0 Å². The first-order chi connectivity index (χ1) is 7.63. The third kappa shape index (κ3) is 4.33. The second kappa shape index (κ2) is 6.66. The molecule has 0 saturated carbocycles. The van der Waals surface area contributed by atoms with Crippen LogP contribution in [0.2, 0.25) is 0 Å². The van der Waals surface area contributed by atoms with Crippen molar-refractivity contribution in [2.75, 3.05) is 5.32 Å². The van der Waals surface area contributed by atoms with Crippen molar-refractivity contribution < 1.29 is 4.79 Å². The maximum Gasteiger partial charge on any atom is 0.241 e. The first-order valence-electron chi connectivity index (χ1n) is 5.45. The lowest BCUT2D eigenvalue weighted by molar-refractivity contribution is -0.117. The molecule has 1 amide bonds. The number of halogens is 1. The number of nitrogens with one attached hydrogen (secondary N) is 1. The van der Waals surface area contributed by atoms with Crippen molar-refractivity contribution in [2.45, 2.75) is 32.2 Å². The Kier molecular flexibility index (Phi) is 5.49. The van der Waals surface area contributed by atoms with Crippen LogP contribution in [0.5, 0.6) is 0 Å². The minimum atomic E-state index is -0.413. The number of carbonyl (C=O) groups excluding carboxylic acids is 1. The van der Waals surface area contributed by atoms with Crippen molar-refractivity contribution in [2.24, 2.45) is 5.73 Å². The van der Waals surface area contributed by atoms with E-state index in [-0.39, 0.29) is 5.91 Å². The summed E-state index contributed by atoms with van der Waals surface area (Å²) >= 11 is 3.34. The smallest absolute Gasteiger partial charge is 0.241 e. The second-order valence-electron chi connectivity index (χ2n) is 3.74. The molecule has 0 aromatic heterocycles. The molecule has 16 heavy (non-hydrogen) atoms. The Morgan fingerprint density at radius 2 is 2.06 bits per heavy atom. The van der Waals surface area contributed by atoms with Crippen LogP contribution in [0, 0.1) is 0 Å². The number of rotatable bonds is 5. The molecule has 4 heteroatoms. The summed E-state index contributed by atoms with van der Waals surface area (Å²) in [7, 11) is 0. The molecule has 1 aromatic carbocycles. The van der Waals surface area contributed by atoms with Gasteiger partial charge >= 0.3 is 0 Å². The minimum absolute atomic E-state index is 0.115. The Labute approximate surface area is 105 Å². The lowest BCUT2D eigenvalue weighted by Crippen LogP contribution is -2.35. The monoisotopic (exact) mass is 284 g/mol. The summed E-state index contributed by atoms with van der Waals surface area (Å²) < 4.78 is 0.987. The average Bonchev–Trinajstić information content (AvgIpc) is 2.29. The summed E-state index contributed by atoms with van der Waals surface area (Å²) in [6.07, 6.45) is 2.77. The largest absolute Gasteiger partial charge is 0.325 e. The number of anilines is 1. The van der Waals surface area contributed by atoms with E-state index in [1.165, 1.54) is 0 Å². The van der Waals surface area contributed by atoms with Gasteiger partial charge in [0.2, 0.25) is 5.91 Å². The summed E-state index contributed by atoms with van der Waals surface area (Å²) in [5.41, 5.74) is 6.54. The van der Waals surface area contributed by atoms with Crippen molar-refractivity contribution in [1.29, 1.82) is 0 Å². The third-order valence-electron chi connectivity index (χ3n) is 2.32. The standard InChI is InChI=1S/C12H17BrN2O/c1-2-3-4-11(14)12(16)15-10-7-5-9(13)6-8-10/h5-8,11H,2-4,14H2,1H3,(H,15,16)/t11-/m0/s1. The highest BCUT2D eigenvalue weighted by Gasteiger charge is 2.12. The molecule has 0 bridgehead atoms. The van der Waals surface area contributed by atoms with Crippen LogP contribution in [-0.2, 0) is 4.79 Å². The number of hydrogen-bond donors (Lipinski definition) is 2. The van der Waals surface area contributed by atoms with Gasteiger partial charge < -0.3 is 11.1 Å². The fourth-order valence-electron chi connectivity index (χ4n) is 1.32. The average molecular weight is 285 g/mol. The van der Waals surface area contributed by atoms with Crippen molar-refractivity contribution in [3.8, 4) is 0 Å². The van der Waals surface area contributed by atoms with Gasteiger partial charge in [0, 0.05) is 10.2 Å². The molecule has 88 valence electrons. The molecule has 0 fully saturated rings. The molecule has 0 aliphatic heterocycles. The fraction of sp³-hybridized carbons (Fsp3) is 0.417. The summed E-state index contributed by atoms with van der Waals surface area (Å²) in [6, 6.07) is 7.03. The molecule has 1 atom stereocenters. The topological polar surface area (TPSA) is 55.1 Å². The number of unbranched alkanes of at least 4 members (excludes halogenated alkanes) is 1. The van der Waals surface area contributed by atoms with Crippen molar-refractivity contribution >= 4 is 27.5 Å². The predicted molar refractivity (Wildman–Crippen MR) is 70.3 cm³/mol. The molecule has 3 nitrogen and oxygen atoms in total. The molecule has 0 radical (unpaired) electrons. The molecule has 0 aliphatic rings. The van der Waals surface area contributed by atoms with Crippen LogP contribution in [0.1, 0.15) is 26.2 Å². The van der Waals surface area contributed by atoms with Crippen molar-refractivity contribution in [3.05, 3.63) is 28.7 Å². The van der Waals surface area contributed by atoms with E-state index >= 15 is 0 Å². The molecule has 0 aliphatic carbocycles. The highest BCUT2D eigenvalue weighted by molar-refractivity contribution is 9.10. The van der Waals surface area contributed by atoms with Gasteiger partial charge in [0.05, 0.1) is 6.04 Å². The van der Waals surface area contributed by atoms with E-state index < -0.39 is 6.04 Å². The maximum absolute atomic E-state index is 11.7. The Morgan fingerprint density at radius 1 is 1.44 bits per heavy atom. The molecule has 0 unspecified atom stereocenters. The van der Waals surface area contributed by atoms with Crippen LogP contribution < -0.4 is 11.1 Å². The van der Waals surface area contributed by atoms with Gasteiger partial charge in [-0.2, -0.15) is 0 Å². The molecular formula is C12H17BrN2O. The minimum Gasteiger partial charge on any atom is -0.325 e. The van der Waals surface area contributed by atoms with Gasteiger partial charge in [0.15, 0.2) is 0 Å². The van der Waals surface area contributed by atoms with Gasteiger partial charge in [0.1, 0.15) is 0 Å². The van der Waals surface area contributed by atoms with E-state index in [0.717, 1.165) is 29.4 Å². The zero-order chi connectivity index (χ0) is 12.0. The highest BCUT2D eigenvalue weighted by atomic mass is 79.9. The van der Waals surface area contributed by atoms with Crippen LogP contribution in [0.3, 0.4) is 0 Å². The Hall–Kier alpha value is -0.870. The van der Waals surface area contributed by atoms with Crippen LogP contribution in [0.4, 0.5) is 5.69 Å². The summed E-state index contributed by atoms with van der Waals surface area (Å²) in [5, 5.41) is 2.79. The number of nitrogens with two attached hydrogens (primary N) is 1. The Bertz CT molecular complexity index is 337. The predicted octanol–water partition coefficient (Wildman–Crippen LogP) is 2.91. The van der Waals surface area contributed by atoms with E-state index in [1.807, 2.05) is 24.3 Å². The number of amides is 1. The van der Waals surface area contributed by atoms with Gasteiger partial charge in [-0.05, 0) is 30.7 Å². The maximum atomic E-state index is 11.7. The fourth-order valence-corrected chi connectivity index (χ4v) is 1.59. The summed E-state index contributed by atoms with van der Waals surface area (Å²) in [4.78, 5) is 11.7. The lowest BCUT2D eigenvalue weighted by atomic mass is 10.1. The first kappa shape index (κ1) is 13.2. The van der Waals surface area contributed by atoms with Gasteiger partial charge in [0.25, 0.3) is 0 Å². The van der Waals surface area contributed by atoms with Crippen molar-refractivity contribution in [1.82, 2.24) is 0 Å².